The largest absolute Gasteiger partial charge is 0.381 e. The van der Waals surface area contributed by atoms with Crippen LogP contribution >= 0.6 is 0 Å². The molecule has 0 aromatic rings. The summed E-state index contributed by atoms with van der Waals surface area (Å²) >= 11 is 0. The Labute approximate surface area is 918 Å². The molecule has 26 heteroatoms. The third kappa shape index (κ3) is 87.7. The standard InChI is InChI=1S/C34H63N3O5.C21H44O4.C18H42N4.C18H32O4.C17H33NO2.C15H32O3/c1-30(2,3)25(38)20-35(16-18-36(21-26(39)31(4,5)6)22-27(40)32(7,8)9)17-19-37(23-28(41)33(10,11)12)24-29(42)34(13,14)15;1-17(2,3)22-13-21(14-23-18(4,5)6,15-24-19(7,8)9)16-25-20(10,11)12;1-16(2,3)19-10-13-22(14-11-20-17(4,5)6)15-12-21-18(7,8)9;1-15(2,3)12(19)10-18(22,14(21)17(7,8)9)11-13(20)16(4,5)6;1-15(2,3)13(19)11-10-12(18-17(7,8)9)14(20)16(4,5)6;1-13(2,3)16-10-12(18-15(7,8)9)11-17-14(4,5)6/h16-24H2,1-15H3;13-16H2,1-12H3;19-21H,10-15H2,1-9H3;22H,10-11H2,1-9H3;12,18H,10-11H2,1-9H3;12H,10-11H2,1-9H3. The normalized spacial score (nSPS) is 14.2. The number of ether oxygens (including phenoxy) is 7. The van der Waals surface area contributed by atoms with E-state index in [0.29, 0.717) is 78.7 Å². The van der Waals surface area contributed by atoms with Crippen molar-refractivity contribution in [2.24, 2.45) is 59.6 Å². The van der Waals surface area contributed by atoms with Crippen LogP contribution in [0, 0.1) is 59.6 Å². The molecule has 0 saturated heterocycles. The first kappa shape index (κ1) is 156. The molecule has 0 spiro atoms. The van der Waals surface area contributed by atoms with Gasteiger partial charge >= 0.3 is 0 Å². The number of aliphatic hydroxyl groups is 1. The number of Topliss-reactive ketones (excluding diaryl/α,β-unsaturated/α-hetero) is 10. The van der Waals surface area contributed by atoms with Crippen LogP contribution in [-0.4, -0.2) is 299 Å². The summed E-state index contributed by atoms with van der Waals surface area (Å²) in [5.74, 6) is -0.257. The highest BCUT2D eigenvalue weighted by Crippen LogP contribution is 2.37. The van der Waals surface area contributed by atoms with Gasteiger partial charge in [0.15, 0.2) is 40.5 Å². The Morgan fingerprint density at radius 2 is 0.463 bits per heavy atom. The van der Waals surface area contributed by atoms with Gasteiger partial charge in [0, 0.05) is 161 Å². The minimum Gasteiger partial charge on any atom is -0.381 e. The second-order valence-corrected chi connectivity index (χ2v) is 63.3. The highest BCUT2D eigenvalue weighted by Gasteiger charge is 2.49. The lowest BCUT2D eigenvalue weighted by Gasteiger charge is -2.40. The predicted molar refractivity (Wildman–Crippen MR) is 625 cm³/mol. The summed E-state index contributed by atoms with van der Waals surface area (Å²) in [7, 11) is 0. The molecule has 0 rings (SSSR count). The Morgan fingerprint density at radius 3 is 0.651 bits per heavy atom. The van der Waals surface area contributed by atoms with E-state index in [-0.39, 0.29) is 182 Å². The number of carbonyl (C=O) groups excluding carboxylic acids is 10. The van der Waals surface area contributed by atoms with Crippen molar-refractivity contribution >= 4 is 57.8 Å². The van der Waals surface area contributed by atoms with E-state index in [1.54, 1.807) is 62.3 Å². The van der Waals surface area contributed by atoms with E-state index in [1.165, 1.54) is 0 Å². The molecule has 1 unspecified atom stereocenters. The van der Waals surface area contributed by atoms with Crippen molar-refractivity contribution in [2.75, 3.05) is 138 Å². The zero-order valence-corrected chi connectivity index (χ0v) is 110. The first-order valence-electron chi connectivity index (χ1n) is 55.5. The fourth-order valence-corrected chi connectivity index (χ4v) is 12.5. The summed E-state index contributed by atoms with van der Waals surface area (Å²) in [5.41, 5.74) is -8.84. The van der Waals surface area contributed by atoms with Crippen LogP contribution in [0.2, 0.25) is 0 Å². The molecule has 0 fully saturated rings. The van der Waals surface area contributed by atoms with Crippen molar-refractivity contribution in [3.05, 3.63) is 0 Å². The van der Waals surface area contributed by atoms with Gasteiger partial charge in [-0.1, -0.05) is 208 Å². The first-order chi connectivity index (χ1) is 65.0. The lowest BCUT2D eigenvalue weighted by molar-refractivity contribution is -0.181. The highest BCUT2D eigenvalue weighted by molar-refractivity contribution is 6.01. The van der Waals surface area contributed by atoms with E-state index in [1.807, 2.05) is 243 Å². The molecule has 0 aromatic carbocycles. The predicted octanol–water partition coefficient (Wildman–Crippen LogP) is 23.6. The van der Waals surface area contributed by atoms with Gasteiger partial charge in [0.25, 0.3) is 0 Å². The summed E-state index contributed by atoms with van der Waals surface area (Å²) in [4.78, 5) is 135. The van der Waals surface area contributed by atoms with Crippen LogP contribution in [0.1, 0.15) is 462 Å². The summed E-state index contributed by atoms with van der Waals surface area (Å²) in [6.07, 6.45) is 0.328. The fraction of sp³-hybridized carbons (Fsp3) is 0.919. The molecular weight excluding hydrogens is 1880 g/mol. The van der Waals surface area contributed by atoms with Crippen LogP contribution in [-0.2, 0) is 81.1 Å². The molecule has 0 bridgehead atoms. The lowest BCUT2D eigenvalue weighted by atomic mass is 9.71. The smallest absolute Gasteiger partial charge is 0.170 e. The molecule has 0 radical (unpaired) electrons. The van der Waals surface area contributed by atoms with Gasteiger partial charge in [-0.25, -0.2) is 0 Å². The number of hydrogen-bond acceptors (Lipinski definition) is 26. The maximum Gasteiger partial charge on any atom is 0.170 e. The third-order valence-electron chi connectivity index (χ3n) is 22.7. The topological polar surface area (TPSA) is 317 Å². The van der Waals surface area contributed by atoms with Gasteiger partial charge in [-0.05, 0) is 235 Å². The van der Waals surface area contributed by atoms with Crippen LogP contribution < -0.4 is 21.3 Å². The van der Waals surface area contributed by atoms with E-state index in [0.717, 1.165) is 39.3 Å². The second-order valence-electron chi connectivity index (χ2n) is 63.3. The van der Waals surface area contributed by atoms with E-state index < -0.39 is 60.1 Å². The molecule has 26 nitrogen and oxygen atoms in total. The minimum atomic E-state index is -1.94. The number of nitrogens with one attached hydrogen (secondary N) is 4. The van der Waals surface area contributed by atoms with Crippen molar-refractivity contribution in [2.45, 2.75) is 541 Å². The maximum atomic E-state index is 13.1. The summed E-state index contributed by atoms with van der Waals surface area (Å²) in [6.45, 7) is 137. The van der Waals surface area contributed by atoms with Crippen molar-refractivity contribution in [1.29, 1.82) is 0 Å². The average molecular weight is 2130 g/mol. The van der Waals surface area contributed by atoms with Gasteiger partial charge in [-0.3, -0.25) is 67.5 Å². The number of ketones is 10. The number of carbonyl (C=O) groups is 10. The van der Waals surface area contributed by atoms with Gasteiger partial charge in [-0.15, -0.1) is 0 Å². The molecule has 1 atom stereocenters. The fourth-order valence-electron chi connectivity index (χ4n) is 12.5. The molecule has 149 heavy (non-hydrogen) atoms. The molecule has 0 aromatic heterocycles. The molecule has 0 aliphatic heterocycles. The first-order valence-corrected chi connectivity index (χ1v) is 55.5. The van der Waals surface area contributed by atoms with Gasteiger partial charge in [0.2, 0.25) is 0 Å². The average Bonchev–Trinajstić information content (AvgIpc) is 0.787. The summed E-state index contributed by atoms with van der Waals surface area (Å²) < 4.78 is 42.2. The molecule has 5 N–H and O–H groups in total. The molecular formula is C123H246N8O18. The molecule has 0 aliphatic carbocycles. The van der Waals surface area contributed by atoms with E-state index >= 15 is 0 Å². The van der Waals surface area contributed by atoms with E-state index in [4.69, 9.17) is 33.2 Å². The van der Waals surface area contributed by atoms with Gasteiger partial charge in [0.1, 0.15) is 29.1 Å². The SMILES string of the molecule is CC(C)(C)C(=O)CC(O)(CC(=O)C(C)(C)C)C(=O)C(C)(C)C.CC(C)(C)C(=O)CN(CCN(CC(=O)C(C)(C)C)CC(=O)C(C)(C)C)CCN(CC(=O)C(C)(C)C)CC(=O)C(C)(C)C.CC(C)(C)NC(CCC(=O)C(C)(C)C)C(=O)C(C)(C)C.CC(C)(C)NCCN(CCNC(C)(C)C)CCNC(C)(C)C.CC(C)(C)OCC(COC(C)(C)C)(COC(C)(C)C)COC(C)(C)C.CC(C)(C)OCC(COC(C)(C)C)OC(C)(C)C. The Balaban J connectivity index is -0.000000423. The zero-order chi connectivity index (χ0) is 120. The molecule has 0 aliphatic rings. The Kier molecular flexibility index (Phi) is 64.8. The lowest BCUT2D eigenvalue weighted by Crippen LogP contribution is -2.51. The van der Waals surface area contributed by atoms with Gasteiger partial charge in [0.05, 0.1) is 123 Å². The number of rotatable bonds is 48. The third-order valence-corrected chi connectivity index (χ3v) is 22.7. The van der Waals surface area contributed by atoms with Crippen LogP contribution in [0.4, 0.5) is 0 Å². The quantitative estimate of drug-likeness (QED) is 0.0378. The molecule has 886 valence electrons. The van der Waals surface area contributed by atoms with Gasteiger partial charge < -0.3 is 59.5 Å². The number of hydrogen-bond donors (Lipinski definition) is 5. The van der Waals surface area contributed by atoms with E-state index in [2.05, 4.69) is 172 Å². The van der Waals surface area contributed by atoms with Crippen molar-refractivity contribution in [3.63, 3.8) is 0 Å². The van der Waals surface area contributed by atoms with Crippen molar-refractivity contribution in [3.8, 4) is 0 Å². The van der Waals surface area contributed by atoms with Crippen LogP contribution in [0.3, 0.4) is 0 Å². The minimum absolute atomic E-state index is 0.0385. The van der Waals surface area contributed by atoms with Gasteiger partial charge in [-0.2, -0.15) is 0 Å². The van der Waals surface area contributed by atoms with Crippen molar-refractivity contribution < 1.29 is 86.2 Å². The van der Waals surface area contributed by atoms with Crippen LogP contribution in [0.25, 0.3) is 0 Å². The number of nitrogens with zero attached hydrogens (tertiary/aromatic N) is 4. The molecule has 0 heterocycles. The summed E-state index contributed by atoms with van der Waals surface area (Å²) in [6, 6.07) is -0.263. The summed E-state index contributed by atoms with van der Waals surface area (Å²) in [5, 5.41) is 25.0. The van der Waals surface area contributed by atoms with Crippen LogP contribution in [0.5, 0.6) is 0 Å². The van der Waals surface area contributed by atoms with E-state index in [9.17, 15) is 53.1 Å². The van der Waals surface area contributed by atoms with Crippen LogP contribution in [0.15, 0.2) is 0 Å². The van der Waals surface area contributed by atoms with Crippen molar-refractivity contribution in [1.82, 2.24) is 40.9 Å². The zero-order valence-electron chi connectivity index (χ0n) is 110. The Hall–Kier alpha value is -3.94. The maximum absolute atomic E-state index is 13.1. The Bertz CT molecular complexity index is 3610. The molecule has 0 amide bonds. The molecule has 0 saturated carbocycles. The Morgan fingerprint density at radius 1 is 0.242 bits per heavy atom. The monoisotopic (exact) mass is 2120 g/mol. The second kappa shape index (κ2) is 62.0. The highest BCUT2D eigenvalue weighted by atomic mass is 16.6.